The lowest BCUT2D eigenvalue weighted by Crippen LogP contribution is -2.36. The molecule has 0 bridgehead atoms. The molecule has 6 nitrogen and oxygen atoms in total. The Bertz CT molecular complexity index is 1020. The first-order valence-corrected chi connectivity index (χ1v) is 11.3. The van der Waals surface area contributed by atoms with Gasteiger partial charge in [0.25, 0.3) is 5.91 Å². The van der Waals surface area contributed by atoms with Crippen molar-refractivity contribution in [2.45, 2.75) is 45.3 Å². The zero-order valence-corrected chi connectivity index (χ0v) is 18.9. The SMILES string of the molecule is CCCCCC(=O)N[C@H](C(=O)Nc1ccc(N)cc1)c1ccc(OCc2ccccc2)cc1. The predicted molar refractivity (Wildman–Crippen MR) is 132 cm³/mol. The largest absolute Gasteiger partial charge is 0.489 e. The van der Waals surface area contributed by atoms with E-state index in [4.69, 9.17) is 10.5 Å². The number of nitrogens with two attached hydrogens (primary N) is 1. The number of carbonyl (C=O) groups excluding carboxylic acids is 2. The maximum Gasteiger partial charge on any atom is 0.251 e. The molecule has 0 radical (unpaired) electrons. The molecule has 0 aromatic heterocycles. The maximum atomic E-state index is 13.1. The number of ether oxygens (including phenoxy) is 1. The minimum atomic E-state index is -0.820. The van der Waals surface area contributed by atoms with Crippen LogP contribution in [0.4, 0.5) is 11.4 Å². The van der Waals surface area contributed by atoms with Crippen LogP contribution in [0.3, 0.4) is 0 Å². The van der Waals surface area contributed by atoms with Crippen LogP contribution in [0.15, 0.2) is 78.9 Å². The Morgan fingerprint density at radius 3 is 2.27 bits per heavy atom. The van der Waals surface area contributed by atoms with Gasteiger partial charge in [0.2, 0.25) is 5.91 Å². The lowest BCUT2D eigenvalue weighted by Gasteiger charge is -2.19. The number of rotatable bonds is 11. The number of nitrogen functional groups attached to an aromatic ring is 1. The van der Waals surface area contributed by atoms with E-state index in [0.717, 1.165) is 24.8 Å². The van der Waals surface area contributed by atoms with E-state index in [0.29, 0.717) is 35.7 Å². The van der Waals surface area contributed by atoms with Crippen molar-refractivity contribution in [1.82, 2.24) is 5.32 Å². The Kier molecular flexibility index (Phi) is 8.88. The second kappa shape index (κ2) is 12.3. The van der Waals surface area contributed by atoms with Crippen molar-refractivity contribution in [3.8, 4) is 5.75 Å². The van der Waals surface area contributed by atoms with Crippen LogP contribution >= 0.6 is 0 Å². The lowest BCUT2D eigenvalue weighted by atomic mass is 10.0. The molecule has 0 aliphatic heterocycles. The molecular formula is C27H31N3O3. The van der Waals surface area contributed by atoms with Crippen molar-refractivity contribution in [2.24, 2.45) is 0 Å². The van der Waals surface area contributed by atoms with Gasteiger partial charge < -0.3 is 21.1 Å². The molecule has 0 saturated carbocycles. The second-order valence-electron chi connectivity index (χ2n) is 7.91. The smallest absolute Gasteiger partial charge is 0.251 e. The van der Waals surface area contributed by atoms with E-state index < -0.39 is 6.04 Å². The molecule has 6 heteroatoms. The van der Waals surface area contributed by atoms with Gasteiger partial charge in [-0.25, -0.2) is 0 Å². The lowest BCUT2D eigenvalue weighted by molar-refractivity contribution is -0.126. The minimum Gasteiger partial charge on any atom is -0.489 e. The van der Waals surface area contributed by atoms with E-state index in [1.165, 1.54) is 0 Å². The molecule has 3 rings (SSSR count). The average molecular weight is 446 g/mol. The fourth-order valence-corrected chi connectivity index (χ4v) is 3.35. The Balaban J connectivity index is 1.70. The molecule has 0 heterocycles. The first-order chi connectivity index (χ1) is 16.0. The molecule has 2 amide bonds. The molecule has 3 aromatic carbocycles. The van der Waals surface area contributed by atoms with Gasteiger partial charge in [0.15, 0.2) is 0 Å². The maximum absolute atomic E-state index is 13.1. The number of benzene rings is 3. The molecule has 1 atom stereocenters. The van der Waals surface area contributed by atoms with Crippen molar-refractivity contribution in [3.63, 3.8) is 0 Å². The van der Waals surface area contributed by atoms with E-state index in [9.17, 15) is 9.59 Å². The molecule has 0 unspecified atom stereocenters. The summed E-state index contributed by atoms with van der Waals surface area (Å²) in [6, 6.07) is 23.2. The Morgan fingerprint density at radius 1 is 0.909 bits per heavy atom. The normalized spacial score (nSPS) is 11.4. The van der Waals surface area contributed by atoms with Crippen molar-refractivity contribution >= 4 is 23.2 Å². The molecule has 0 aliphatic rings. The highest BCUT2D eigenvalue weighted by Crippen LogP contribution is 2.21. The van der Waals surface area contributed by atoms with E-state index in [1.807, 2.05) is 42.5 Å². The molecule has 172 valence electrons. The van der Waals surface area contributed by atoms with Crippen LogP contribution in [0.1, 0.15) is 49.8 Å². The molecule has 0 spiro atoms. The number of anilines is 2. The number of nitrogens with one attached hydrogen (secondary N) is 2. The summed E-state index contributed by atoms with van der Waals surface area (Å²) in [6.07, 6.45) is 3.18. The van der Waals surface area contributed by atoms with Gasteiger partial charge in [-0.1, -0.05) is 62.2 Å². The van der Waals surface area contributed by atoms with E-state index >= 15 is 0 Å². The highest BCUT2D eigenvalue weighted by Gasteiger charge is 2.23. The molecule has 0 aliphatic carbocycles. The summed E-state index contributed by atoms with van der Waals surface area (Å²) in [4.78, 5) is 25.6. The van der Waals surface area contributed by atoms with Crippen LogP contribution in [0, 0.1) is 0 Å². The monoisotopic (exact) mass is 445 g/mol. The summed E-state index contributed by atoms with van der Waals surface area (Å²) in [5, 5.41) is 5.75. The number of hydrogen-bond donors (Lipinski definition) is 3. The first-order valence-electron chi connectivity index (χ1n) is 11.3. The molecular weight excluding hydrogens is 414 g/mol. The Morgan fingerprint density at radius 2 is 1.61 bits per heavy atom. The van der Waals surface area contributed by atoms with Gasteiger partial charge >= 0.3 is 0 Å². The fourth-order valence-electron chi connectivity index (χ4n) is 3.35. The molecule has 4 N–H and O–H groups in total. The van der Waals surface area contributed by atoms with Crippen LogP contribution in [0.5, 0.6) is 5.75 Å². The second-order valence-corrected chi connectivity index (χ2v) is 7.91. The summed E-state index contributed by atoms with van der Waals surface area (Å²) in [6.45, 7) is 2.54. The van der Waals surface area contributed by atoms with Gasteiger partial charge in [-0.15, -0.1) is 0 Å². The van der Waals surface area contributed by atoms with E-state index in [-0.39, 0.29) is 11.8 Å². The average Bonchev–Trinajstić information content (AvgIpc) is 2.84. The fraction of sp³-hybridized carbons (Fsp3) is 0.259. The van der Waals surface area contributed by atoms with Gasteiger partial charge in [-0.05, 0) is 53.9 Å². The zero-order valence-electron chi connectivity index (χ0n) is 18.9. The van der Waals surface area contributed by atoms with Crippen molar-refractivity contribution in [1.29, 1.82) is 0 Å². The predicted octanol–water partition coefficient (Wildman–Crippen LogP) is 5.22. The summed E-state index contributed by atoms with van der Waals surface area (Å²) < 4.78 is 5.84. The molecule has 3 aromatic rings. The molecule has 33 heavy (non-hydrogen) atoms. The van der Waals surface area contributed by atoms with Gasteiger partial charge in [0.05, 0.1) is 0 Å². The summed E-state index contributed by atoms with van der Waals surface area (Å²) >= 11 is 0. The third-order valence-electron chi connectivity index (χ3n) is 5.21. The molecule has 0 saturated heterocycles. The standard InChI is InChI=1S/C27H31N3O3/c1-2-3-5-10-25(31)30-26(27(32)29-23-15-13-22(28)14-16-23)21-11-17-24(18-12-21)33-19-20-8-6-4-7-9-20/h4,6-9,11-18,26H,2-3,5,10,19,28H2,1H3,(H,29,32)(H,30,31)/t26-/m0/s1. The topological polar surface area (TPSA) is 93.5 Å². The van der Waals surface area contributed by atoms with Gasteiger partial charge in [0.1, 0.15) is 18.4 Å². The van der Waals surface area contributed by atoms with Crippen LogP contribution in [-0.4, -0.2) is 11.8 Å². The van der Waals surface area contributed by atoms with Crippen LogP contribution in [-0.2, 0) is 16.2 Å². The van der Waals surface area contributed by atoms with E-state index in [2.05, 4.69) is 17.6 Å². The minimum absolute atomic E-state index is 0.148. The van der Waals surface area contributed by atoms with E-state index in [1.54, 1.807) is 36.4 Å². The van der Waals surface area contributed by atoms with Crippen molar-refractivity contribution in [3.05, 3.63) is 90.0 Å². The van der Waals surface area contributed by atoms with Gasteiger partial charge in [0, 0.05) is 17.8 Å². The quantitative estimate of drug-likeness (QED) is 0.278. The number of amides is 2. The molecule has 0 fully saturated rings. The summed E-state index contributed by atoms with van der Waals surface area (Å²) in [5.74, 6) is 0.224. The third kappa shape index (κ3) is 7.68. The number of hydrogen-bond acceptors (Lipinski definition) is 4. The van der Waals surface area contributed by atoms with Gasteiger partial charge in [-0.2, -0.15) is 0 Å². The summed E-state index contributed by atoms with van der Waals surface area (Å²) in [5.41, 5.74) is 8.70. The number of unbranched alkanes of at least 4 members (excludes halogenated alkanes) is 2. The first kappa shape index (κ1) is 23.9. The highest BCUT2D eigenvalue weighted by molar-refractivity contribution is 5.98. The van der Waals surface area contributed by atoms with Crippen LogP contribution < -0.4 is 21.1 Å². The zero-order chi connectivity index (χ0) is 23.5. The van der Waals surface area contributed by atoms with Crippen molar-refractivity contribution < 1.29 is 14.3 Å². The van der Waals surface area contributed by atoms with Crippen LogP contribution in [0.2, 0.25) is 0 Å². The summed E-state index contributed by atoms with van der Waals surface area (Å²) in [7, 11) is 0. The Hall–Kier alpha value is -3.80. The van der Waals surface area contributed by atoms with Crippen LogP contribution in [0.25, 0.3) is 0 Å². The van der Waals surface area contributed by atoms with Gasteiger partial charge in [-0.3, -0.25) is 9.59 Å². The van der Waals surface area contributed by atoms with Crippen molar-refractivity contribution in [2.75, 3.05) is 11.1 Å². The highest BCUT2D eigenvalue weighted by atomic mass is 16.5. The Labute approximate surface area is 195 Å². The number of carbonyl (C=O) groups is 2. The third-order valence-corrected chi connectivity index (χ3v) is 5.21.